The predicted octanol–water partition coefficient (Wildman–Crippen LogP) is 2.22. The second-order valence-electron chi connectivity index (χ2n) is 8.88. The van der Waals surface area contributed by atoms with Gasteiger partial charge in [0, 0.05) is 25.2 Å². The summed E-state index contributed by atoms with van der Waals surface area (Å²) in [5, 5.41) is 17.7. The molecule has 2 aliphatic rings. The number of β-amino-alcohol motifs (C(OH)–C–C–N with tert-alkyl or cyclic N) is 1. The molecule has 0 unspecified atom stereocenters. The number of aromatic nitrogens is 2. The molecule has 2 fully saturated rings. The fourth-order valence-electron chi connectivity index (χ4n) is 4.13. The maximum atomic E-state index is 12.6. The SMILES string of the molecule is COc1ccc(-c2nnc(C(=O)N3CC(Oc4ccc(CN5CC(C)(O)C5)cc4)C3)o2)cc1. The third-order valence-electron chi connectivity index (χ3n) is 5.84. The first-order chi connectivity index (χ1) is 15.9. The van der Waals surface area contributed by atoms with Crippen molar-refractivity contribution in [3.05, 3.63) is 60.0 Å². The van der Waals surface area contributed by atoms with Crippen LogP contribution in [0.3, 0.4) is 0 Å². The molecule has 9 heteroatoms. The van der Waals surface area contributed by atoms with Crippen LogP contribution in [0.2, 0.25) is 0 Å². The number of carbonyl (C=O) groups is 1. The number of ether oxygens (including phenoxy) is 2. The minimum atomic E-state index is -0.560. The highest BCUT2D eigenvalue weighted by Gasteiger charge is 2.37. The molecule has 1 amide bonds. The Bertz CT molecular complexity index is 1110. The predicted molar refractivity (Wildman–Crippen MR) is 119 cm³/mol. The van der Waals surface area contributed by atoms with Crippen LogP contribution in [-0.4, -0.2) is 76.0 Å². The first kappa shape index (κ1) is 21.4. The number of hydrogen-bond acceptors (Lipinski definition) is 8. The second kappa shape index (κ2) is 8.49. The molecule has 5 rings (SSSR count). The molecule has 33 heavy (non-hydrogen) atoms. The Labute approximate surface area is 191 Å². The standard InChI is InChI=1S/C24H26N4O5/c1-24(30)14-27(15-24)11-16-3-7-19(8-4-16)32-20-12-28(13-20)23(29)22-26-25-21(33-22)17-5-9-18(31-2)10-6-17/h3-10,20,30H,11-15H2,1-2H3. The van der Waals surface area contributed by atoms with E-state index in [2.05, 4.69) is 15.1 Å². The Morgan fingerprint density at radius 2 is 1.76 bits per heavy atom. The first-order valence-electron chi connectivity index (χ1n) is 10.9. The van der Waals surface area contributed by atoms with Gasteiger partial charge in [0.1, 0.15) is 17.6 Å². The van der Waals surface area contributed by atoms with Crippen molar-refractivity contribution >= 4 is 5.91 Å². The number of methoxy groups -OCH3 is 1. The maximum Gasteiger partial charge on any atom is 0.311 e. The smallest absolute Gasteiger partial charge is 0.311 e. The van der Waals surface area contributed by atoms with Crippen LogP contribution in [0, 0.1) is 0 Å². The Kier molecular flexibility index (Phi) is 5.51. The molecular formula is C24H26N4O5. The van der Waals surface area contributed by atoms with E-state index in [4.69, 9.17) is 13.9 Å². The van der Waals surface area contributed by atoms with Gasteiger partial charge in [-0.25, -0.2) is 0 Å². The molecule has 0 aliphatic carbocycles. The molecule has 0 atom stereocenters. The number of likely N-dealkylation sites (tertiary alicyclic amines) is 2. The van der Waals surface area contributed by atoms with Crippen LogP contribution in [0.25, 0.3) is 11.5 Å². The molecule has 3 aromatic rings. The lowest BCUT2D eigenvalue weighted by Gasteiger charge is -2.44. The van der Waals surface area contributed by atoms with E-state index in [9.17, 15) is 9.90 Å². The monoisotopic (exact) mass is 450 g/mol. The number of benzene rings is 2. The van der Waals surface area contributed by atoms with Crippen molar-refractivity contribution in [2.24, 2.45) is 0 Å². The molecule has 0 bridgehead atoms. The van der Waals surface area contributed by atoms with E-state index < -0.39 is 5.60 Å². The summed E-state index contributed by atoms with van der Waals surface area (Å²) in [6.07, 6.45) is -0.0748. The number of hydrogen-bond donors (Lipinski definition) is 1. The Morgan fingerprint density at radius 3 is 2.39 bits per heavy atom. The summed E-state index contributed by atoms with van der Waals surface area (Å²) in [6, 6.07) is 15.1. The second-order valence-corrected chi connectivity index (χ2v) is 8.88. The summed E-state index contributed by atoms with van der Waals surface area (Å²) >= 11 is 0. The van der Waals surface area contributed by atoms with Crippen molar-refractivity contribution in [1.82, 2.24) is 20.0 Å². The number of aliphatic hydroxyl groups is 1. The molecule has 1 aromatic heterocycles. The molecule has 2 aromatic carbocycles. The average molecular weight is 450 g/mol. The van der Waals surface area contributed by atoms with Crippen molar-refractivity contribution in [3.8, 4) is 23.0 Å². The molecule has 3 heterocycles. The first-order valence-corrected chi connectivity index (χ1v) is 10.9. The number of rotatable bonds is 7. The van der Waals surface area contributed by atoms with Gasteiger partial charge in [0.25, 0.3) is 0 Å². The number of nitrogens with zero attached hydrogens (tertiary/aromatic N) is 4. The molecule has 2 aliphatic heterocycles. The van der Waals surface area contributed by atoms with Gasteiger partial charge in [-0.1, -0.05) is 12.1 Å². The van der Waals surface area contributed by atoms with Crippen molar-refractivity contribution in [3.63, 3.8) is 0 Å². The van der Waals surface area contributed by atoms with Crippen LogP contribution >= 0.6 is 0 Å². The van der Waals surface area contributed by atoms with Gasteiger partial charge in [-0.15, -0.1) is 10.2 Å². The van der Waals surface area contributed by atoms with E-state index >= 15 is 0 Å². The highest BCUT2D eigenvalue weighted by molar-refractivity contribution is 5.90. The largest absolute Gasteiger partial charge is 0.497 e. The lowest BCUT2D eigenvalue weighted by Crippen LogP contribution is -2.59. The lowest BCUT2D eigenvalue weighted by atomic mass is 9.96. The summed E-state index contributed by atoms with van der Waals surface area (Å²) in [5.74, 6) is 1.44. The number of amides is 1. The van der Waals surface area contributed by atoms with E-state index in [0.29, 0.717) is 26.2 Å². The summed E-state index contributed by atoms with van der Waals surface area (Å²) in [4.78, 5) is 16.5. The van der Waals surface area contributed by atoms with Crippen molar-refractivity contribution in [1.29, 1.82) is 0 Å². The quantitative estimate of drug-likeness (QED) is 0.585. The zero-order chi connectivity index (χ0) is 23.0. The summed E-state index contributed by atoms with van der Waals surface area (Å²) in [6.45, 7) is 4.97. The van der Waals surface area contributed by atoms with Crippen LogP contribution in [0.4, 0.5) is 0 Å². The van der Waals surface area contributed by atoms with Crippen molar-refractivity contribution < 1.29 is 23.8 Å². The van der Waals surface area contributed by atoms with E-state index in [0.717, 1.165) is 23.6 Å². The van der Waals surface area contributed by atoms with Crippen LogP contribution < -0.4 is 9.47 Å². The topological polar surface area (TPSA) is 101 Å². The van der Waals surface area contributed by atoms with Gasteiger partial charge in [-0.05, 0) is 48.9 Å². The fourth-order valence-corrected chi connectivity index (χ4v) is 4.13. The van der Waals surface area contributed by atoms with Crippen LogP contribution in [0.5, 0.6) is 11.5 Å². The molecule has 2 saturated heterocycles. The minimum Gasteiger partial charge on any atom is -0.497 e. The van der Waals surface area contributed by atoms with Crippen LogP contribution in [-0.2, 0) is 6.54 Å². The maximum absolute atomic E-state index is 12.6. The summed E-state index contributed by atoms with van der Waals surface area (Å²) in [5.41, 5.74) is 1.33. The lowest BCUT2D eigenvalue weighted by molar-refractivity contribution is -0.0871. The zero-order valence-electron chi connectivity index (χ0n) is 18.6. The minimum absolute atomic E-state index is 0.0337. The molecule has 9 nitrogen and oxygen atoms in total. The zero-order valence-corrected chi connectivity index (χ0v) is 18.6. The van der Waals surface area contributed by atoms with E-state index in [1.807, 2.05) is 31.2 Å². The molecule has 1 N–H and O–H groups in total. The Balaban J connectivity index is 1.10. The van der Waals surface area contributed by atoms with Gasteiger partial charge in [0.15, 0.2) is 0 Å². The average Bonchev–Trinajstić information content (AvgIpc) is 3.26. The van der Waals surface area contributed by atoms with Gasteiger partial charge in [0.2, 0.25) is 5.89 Å². The van der Waals surface area contributed by atoms with Crippen molar-refractivity contribution in [2.45, 2.75) is 25.2 Å². The third-order valence-corrected chi connectivity index (χ3v) is 5.84. The Morgan fingerprint density at radius 1 is 1.09 bits per heavy atom. The molecule has 0 radical (unpaired) electrons. The van der Waals surface area contributed by atoms with Gasteiger partial charge >= 0.3 is 11.8 Å². The van der Waals surface area contributed by atoms with Gasteiger partial charge in [-0.2, -0.15) is 0 Å². The fraction of sp³-hybridized carbons (Fsp3) is 0.375. The molecular weight excluding hydrogens is 424 g/mol. The highest BCUT2D eigenvalue weighted by atomic mass is 16.5. The van der Waals surface area contributed by atoms with Crippen LogP contribution in [0.15, 0.2) is 52.9 Å². The van der Waals surface area contributed by atoms with E-state index in [-0.39, 0.29) is 23.8 Å². The van der Waals surface area contributed by atoms with Gasteiger partial charge in [-0.3, -0.25) is 9.69 Å². The highest BCUT2D eigenvalue weighted by Crippen LogP contribution is 2.25. The van der Waals surface area contributed by atoms with E-state index in [1.165, 1.54) is 5.56 Å². The summed E-state index contributed by atoms with van der Waals surface area (Å²) in [7, 11) is 1.60. The van der Waals surface area contributed by atoms with E-state index in [1.54, 1.807) is 36.3 Å². The number of carbonyl (C=O) groups excluding carboxylic acids is 1. The van der Waals surface area contributed by atoms with Gasteiger partial charge < -0.3 is 23.9 Å². The normalized spacial score (nSPS) is 17.8. The van der Waals surface area contributed by atoms with Crippen LogP contribution in [0.1, 0.15) is 23.2 Å². The molecule has 172 valence electrons. The Hall–Kier alpha value is -3.43. The van der Waals surface area contributed by atoms with Crippen molar-refractivity contribution in [2.75, 3.05) is 33.3 Å². The molecule has 0 saturated carbocycles. The van der Waals surface area contributed by atoms with Gasteiger partial charge in [0.05, 0.1) is 25.8 Å². The summed E-state index contributed by atoms with van der Waals surface area (Å²) < 4.78 is 16.7. The third kappa shape index (κ3) is 4.69. The molecule has 0 spiro atoms.